The van der Waals surface area contributed by atoms with Crippen molar-refractivity contribution in [3.05, 3.63) is 76.2 Å². The molecule has 1 aliphatic rings. The maximum absolute atomic E-state index is 13.2. The van der Waals surface area contributed by atoms with Crippen molar-refractivity contribution in [2.45, 2.75) is 59.1 Å². The van der Waals surface area contributed by atoms with Crippen molar-refractivity contribution in [2.24, 2.45) is 5.92 Å². The lowest BCUT2D eigenvalue weighted by molar-refractivity contribution is 0.0179. The van der Waals surface area contributed by atoms with Gasteiger partial charge in [0.25, 0.3) is 5.91 Å². The predicted molar refractivity (Wildman–Crippen MR) is 152 cm³/mol. The highest BCUT2D eigenvalue weighted by atomic mass is 35.5. The summed E-state index contributed by atoms with van der Waals surface area (Å²) in [5.41, 5.74) is 2.27. The monoisotopic (exact) mass is 547 g/mol. The highest BCUT2D eigenvalue weighted by Crippen LogP contribution is 2.25. The number of ether oxygens (including phenoxy) is 1. The van der Waals surface area contributed by atoms with E-state index in [4.69, 9.17) is 16.3 Å². The van der Waals surface area contributed by atoms with E-state index in [1.54, 1.807) is 15.8 Å². The molecule has 204 valence electrons. The summed E-state index contributed by atoms with van der Waals surface area (Å²) >= 11 is 6.36. The largest absolute Gasteiger partial charge is 0.444 e. The van der Waals surface area contributed by atoms with Gasteiger partial charge < -0.3 is 15.0 Å². The lowest BCUT2D eigenvalue weighted by Gasteiger charge is -2.33. The van der Waals surface area contributed by atoms with Gasteiger partial charge in [0.2, 0.25) is 0 Å². The van der Waals surface area contributed by atoms with Gasteiger partial charge in [-0.15, -0.1) is 0 Å². The number of piperidine rings is 1. The number of aromatic nitrogens is 3. The Kier molecular flexibility index (Phi) is 8.93. The third-order valence-corrected chi connectivity index (χ3v) is 6.74. The molecule has 1 N–H and O–H groups in total. The minimum atomic E-state index is -0.503. The predicted octanol–water partition coefficient (Wildman–Crippen LogP) is 5.93. The maximum Gasteiger partial charge on any atom is 0.410 e. The molecule has 2 amide bonds. The van der Waals surface area contributed by atoms with Gasteiger partial charge in [-0.25, -0.2) is 9.78 Å². The van der Waals surface area contributed by atoms with Crippen LogP contribution in [0.25, 0.3) is 0 Å². The molecular weight excluding hydrogens is 514 g/mol. The van der Waals surface area contributed by atoms with Crippen LogP contribution in [0.2, 0.25) is 5.02 Å². The Morgan fingerprint density at radius 1 is 1.10 bits per heavy atom. The third kappa shape index (κ3) is 7.84. The van der Waals surface area contributed by atoms with Crippen molar-refractivity contribution in [1.29, 1.82) is 0 Å². The van der Waals surface area contributed by atoms with Crippen molar-refractivity contribution in [3.8, 4) is 11.8 Å². The molecule has 1 fully saturated rings. The number of carbonyl (C=O) groups is 2. The van der Waals surface area contributed by atoms with E-state index in [0.29, 0.717) is 37.1 Å². The first-order valence-electron chi connectivity index (χ1n) is 13.1. The van der Waals surface area contributed by atoms with Crippen molar-refractivity contribution in [3.63, 3.8) is 0 Å². The Morgan fingerprint density at radius 2 is 1.79 bits per heavy atom. The molecule has 0 unspecified atom stereocenters. The van der Waals surface area contributed by atoms with Crippen LogP contribution >= 0.6 is 11.6 Å². The first-order valence-corrected chi connectivity index (χ1v) is 13.5. The van der Waals surface area contributed by atoms with Gasteiger partial charge in [0.05, 0.1) is 11.2 Å². The van der Waals surface area contributed by atoms with E-state index in [9.17, 15) is 9.59 Å². The number of benzene rings is 1. The molecule has 39 heavy (non-hydrogen) atoms. The number of amides is 2. The fourth-order valence-corrected chi connectivity index (χ4v) is 4.63. The van der Waals surface area contributed by atoms with Crippen LogP contribution in [0.4, 0.5) is 10.6 Å². The first-order chi connectivity index (χ1) is 18.6. The number of anilines is 1. The lowest BCUT2D eigenvalue weighted by Crippen LogP contribution is -2.41. The summed E-state index contributed by atoms with van der Waals surface area (Å²) in [6, 6.07) is 11.6. The maximum atomic E-state index is 13.2. The molecule has 1 aromatic carbocycles. The molecular formula is C30H34ClN5O3. The SMILES string of the molecule is Cc1cc(C#Cc2ccccc2)cnc1NC(=O)c1c(Cl)cnn1CCC1CCN(C(=O)OC(C)(C)C)CC1. The topological polar surface area (TPSA) is 89.4 Å². The quantitative estimate of drug-likeness (QED) is 0.400. The Balaban J connectivity index is 1.34. The smallest absolute Gasteiger partial charge is 0.410 e. The molecule has 0 aliphatic carbocycles. The van der Waals surface area contributed by atoms with Gasteiger partial charge in [-0.05, 0) is 76.6 Å². The van der Waals surface area contributed by atoms with Gasteiger partial charge in [0, 0.05) is 37.0 Å². The average Bonchev–Trinajstić information content (AvgIpc) is 3.27. The van der Waals surface area contributed by atoms with E-state index in [0.717, 1.165) is 36.0 Å². The number of halogens is 1. The van der Waals surface area contributed by atoms with Gasteiger partial charge in [-0.1, -0.05) is 41.6 Å². The first kappa shape index (κ1) is 28.2. The minimum absolute atomic E-state index is 0.265. The second-order valence-electron chi connectivity index (χ2n) is 10.7. The van der Waals surface area contributed by atoms with Crippen LogP contribution in [-0.2, 0) is 11.3 Å². The standard InChI is InChI=1S/C30H34ClN5O3/c1-21-18-24(11-10-22-8-6-5-7-9-22)19-32-27(21)34-28(37)26-25(31)20-33-36(26)17-14-23-12-15-35(16-13-23)29(38)39-30(2,3)4/h5-9,18-20,23H,12-17H2,1-4H3,(H,32,34,37). The number of nitrogens with one attached hydrogen (secondary N) is 1. The number of pyridine rings is 1. The molecule has 9 heteroatoms. The van der Waals surface area contributed by atoms with Crippen LogP contribution in [0.15, 0.2) is 48.8 Å². The summed E-state index contributed by atoms with van der Waals surface area (Å²) in [7, 11) is 0. The van der Waals surface area contributed by atoms with Crippen LogP contribution in [0.3, 0.4) is 0 Å². The third-order valence-electron chi connectivity index (χ3n) is 6.46. The van der Waals surface area contributed by atoms with Crippen molar-refractivity contribution in [2.75, 3.05) is 18.4 Å². The molecule has 8 nitrogen and oxygen atoms in total. The number of likely N-dealkylation sites (tertiary alicyclic amines) is 1. The molecule has 0 atom stereocenters. The van der Waals surface area contributed by atoms with Crippen molar-refractivity contribution in [1.82, 2.24) is 19.7 Å². The summed E-state index contributed by atoms with van der Waals surface area (Å²) < 4.78 is 7.13. The van der Waals surface area contributed by atoms with Crippen molar-refractivity contribution < 1.29 is 14.3 Å². The van der Waals surface area contributed by atoms with E-state index < -0.39 is 5.60 Å². The van der Waals surface area contributed by atoms with E-state index in [1.165, 1.54) is 6.20 Å². The summed E-state index contributed by atoms with van der Waals surface area (Å²) in [6.45, 7) is 9.34. The second-order valence-corrected chi connectivity index (χ2v) is 11.1. The minimum Gasteiger partial charge on any atom is -0.444 e. The zero-order valence-corrected chi connectivity index (χ0v) is 23.6. The summed E-state index contributed by atoms with van der Waals surface area (Å²) in [6.07, 6.45) is 5.44. The molecule has 2 aromatic heterocycles. The number of rotatable bonds is 5. The fraction of sp³-hybridized carbons (Fsp3) is 0.400. The van der Waals surface area contributed by atoms with Gasteiger partial charge >= 0.3 is 6.09 Å². The van der Waals surface area contributed by atoms with E-state index in [1.807, 2.05) is 64.1 Å². The van der Waals surface area contributed by atoms with Crippen LogP contribution < -0.4 is 5.32 Å². The molecule has 0 saturated carbocycles. The van der Waals surface area contributed by atoms with E-state index in [-0.39, 0.29) is 17.0 Å². The number of carbonyl (C=O) groups excluding carboxylic acids is 2. The highest BCUT2D eigenvalue weighted by Gasteiger charge is 2.27. The summed E-state index contributed by atoms with van der Waals surface area (Å²) in [5, 5.41) is 7.49. The Bertz CT molecular complexity index is 1380. The molecule has 3 aromatic rings. The van der Waals surface area contributed by atoms with Gasteiger partial charge in [-0.2, -0.15) is 5.10 Å². The van der Waals surface area contributed by atoms with Gasteiger partial charge in [-0.3, -0.25) is 9.48 Å². The van der Waals surface area contributed by atoms with Crippen LogP contribution in [0.5, 0.6) is 0 Å². The van der Waals surface area contributed by atoms with E-state index >= 15 is 0 Å². The zero-order valence-electron chi connectivity index (χ0n) is 22.8. The number of hydrogen-bond acceptors (Lipinski definition) is 5. The molecule has 0 radical (unpaired) electrons. The summed E-state index contributed by atoms with van der Waals surface area (Å²) in [4.78, 5) is 31.7. The number of nitrogens with zero attached hydrogens (tertiary/aromatic N) is 4. The Morgan fingerprint density at radius 3 is 2.46 bits per heavy atom. The number of hydrogen-bond donors (Lipinski definition) is 1. The second kappa shape index (κ2) is 12.4. The van der Waals surface area contributed by atoms with Crippen LogP contribution in [0.1, 0.15) is 67.2 Å². The lowest BCUT2D eigenvalue weighted by atomic mass is 9.94. The molecule has 3 heterocycles. The van der Waals surface area contributed by atoms with Gasteiger partial charge in [0.1, 0.15) is 17.1 Å². The van der Waals surface area contributed by atoms with Crippen LogP contribution in [0, 0.1) is 24.7 Å². The van der Waals surface area contributed by atoms with Gasteiger partial charge in [0.15, 0.2) is 0 Å². The average molecular weight is 548 g/mol. The van der Waals surface area contributed by atoms with E-state index in [2.05, 4.69) is 27.2 Å². The van der Waals surface area contributed by atoms with Crippen LogP contribution in [-0.4, -0.2) is 50.4 Å². The fourth-order valence-electron chi connectivity index (χ4n) is 4.40. The molecule has 0 spiro atoms. The molecule has 1 saturated heterocycles. The molecule has 0 bridgehead atoms. The highest BCUT2D eigenvalue weighted by molar-refractivity contribution is 6.34. The zero-order chi connectivity index (χ0) is 28.0. The normalized spacial score (nSPS) is 13.9. The Hall–Kier alpha value is -3.83. The Labute approximate surface area is 234 Å². The summed E-state index contributed by atoms with van der Waals surface area (Å²) in [5.74, 6) is 6.71. The molecule has 4 rings (SSSR count). The van der Waals surface area contributed by atoms with Crippen molar-refractivity contribution >= 4 is 29.4 Å². The number of aryl methyl sites for hydroxylation is 2. The molecule has 1 aliphatic heterocycles.